The number of carbonyl (C=O) groups excluding carboxylic acids is 1. The lowest BCUT2D eigenvalue weighted by atomic mass is 10.0. The Morgan fingerprint density at radius 1 is 1.17 bits per heavy atom. The van der Waals surface area contributed by atoms with Gasteiger partial charge in [0.2, 0.25) is 0 Å². The minimum atomic E-state index is -0.299. The molecule has 1 atom stereocenters. The van der Waals surface area contributed by atoms with Crippen molar-refractivity contribution in [2.75, 3.05) is 0 Å². The molecule has 6 heteroatoms. The first-order valence-corrected chi connectivity index (χ1v) is 7.70. The van der Waals surface area contributed by atoms with E-state index in [-0.39, 0.29) is 11.9 Å². The summed E-state index contributed by atoms with van der Waals surface area (Å²) in [5.41, 5.74) is 3.03. The second-order valence-electron chi connectivity index (χ2n) is 5.61. The maximum absolute atomic E-state index is 12.7. The van der Waals surface area contributed by atoms with Crippen molar-refractivity contribution < 1.29 is 4.79 Å². The molecule has 0 fully saturated rings. The largest absolute Gasteiger partial charge is 0.339 e. The lowest BCUT2D eigenvalue weighted by Gasteiger charge is -2.20. The maximum Gasteiger partial charge on any atom is 0.255 e. The number of carbonyl (C=O) groups is 1. The Bertz CT molecular complexity index is 857. The van der Waals surface area contributed by atoms with Gasteiger partial charge in [-0.25, -0.2) is 9.97 Å². The summed E-state index contributed by atoms with van der Waals surface area (Å²) in [5, 5.41) is 7.29. The van der Waals surface area contributed by atoms with Crippen LogP contribution in [0.25, 0.3) is 0 Å². The Hall–Kier alpha value is -3.02. The molecule has 0 aliphatic heterocycles. The lowest BCUT2D eigenvalue weighted by molar-refractivity contribution is 0.0940. The monoisotopic (exact) mass is 321 g/mol. The Balaban J connectivity index is 1.95. The van der Waals surface area contributed by atoms with Crippen LogP contribution < -0.4 is 5.32 Å². The van der Waals surface area contributed by atoms with E-state index in [9.17, 15) is 4.79 Å². The highest BCUT2D eigenvalue weighted by molar-refractivity contribution is 5.95. The van der Waals surface area contributed by atoms with E-state index in [1.807, 2.05) is 50.4 Å². The van der Waals surface area contributed by atoms with Crippen LogP contribution in [-0.2, 0) is 7.05 Å². The van der Waals surface area contributed by atoms with Gasteiger partial charge in [0, 0.05) is 19.4 Å². The van der Waals surface area contributed by atoms with E-state index in [0.717, 1.165) is 11.3 Å². The van der Waals surface area contributed by atoms with Crippen molar-refractivity contribution in [3.8, 4) is 0 Å². The molecule has 0 radical (unpaired) electrons. The molecule has 2 heterocycles. The number of benzene rings is 1. The van der Waals surface area contributed by atoms with E-state index in [4.69, 9.17) is 0 Å². The molecule has 0 saturated heterocycles. The Morgan fingerprint density at radius 3 is 2.54 bits per heavy atom. The summed E-state index contributed by atoms with van der Waals surface area (Å²) < 4.78 is 1.76. The van der Waals surface area contributed by atoms with Crippen molar-refractivity contribution >= 4 is 5.91 Å². The molecule has 24 heavy (non-hydrogen) atoms. The van der Waals surface area contributed by atoms with Crippen LogP contribution in [0.2, 0.25) is 0 Å². The van der Waals surface area contributed by atoms with E-state index in [1.54, 1.807) is 24.0 Å². The van der Waals surface area contributed by atoms with Gasteiger partial charge in [0.15, 0.2) is 0 Å². The van der Waals surface area contributed by atoms with Crippen LogP contribution in [0.15, 0.2) is 48.8 Å². The minimum absolute atomic E-state index is 0.206. The molecular formula is C18H19N5O. The number of rotatable bonds is 4. The van der Waals surface area contributed by atoms with Crippen molar-refractivity contribution in [3.63, 3.8) is 0 Å². The van der Waals surface area contributed by atoms with Crippen molar-refractivity contribution in [3.05, 3.63) is 77.1 Å². The van der Waals surface area contributed by atoms with Crippen LogP contribution in [0.5, 0.6) is 0 Å². The minimum Gasteiger partial charge on any atom is -0.339 e. The van der Waals surface area contributed by atoms with Gasteiger partial charge in [-0.3, -0.25) is 9.48 Å². The summed E-state index contributed by atoms with van der Waals surface area (Å²) in [6.45, 7) is 3.61. The third kappa shape index (κ3) is 3.17. The molecule has 0 aliphatic carbocycles. The molecule has 3 rings (SSSR count). The molecule has 1 aromatic carbocycles. The summed E-state index contributed by atoms with van der Waals surface area (Å²) in [6.07, 6.45) is 3.29. The van der Waals surface area contributed by atoms with Crippen LogP contribution in [0.1, 0.15) is 39.2 Å². The molecular weight excluding hydrogens is 302 g/mol. The summed E-state index contributed by atoms with van der Waals surface area (Å²) in [6, 6.07) is 11.4. The molecule has 1 amide bonds. The van der Waals surface area contributed by atoms with Gasteiger partial charge in [-0.15, -0.1) is 0 Å². The number of hydrogen-bond donors (Lipinski definition) is 1. The highest BCUT2D eigenvalue weighted by Gasteiger charge is 2.21. The molecule has 122 valence electrons. The highest BCUT2D eigenvalue weighted by atomic mass is 16.1. The zero-order valence-corrected chi connectivity index (χ0v) is 13.9. The van der Waals surface area contributed by atoms with E-state index >= 15 is 0 Å². The fourth-order valence-electron chi connectivity index (χ4n) is 2.66. The lowest BCUT2D eigenvalue weighted by Crippen LogP contribution is -2.31. The number of aryl methyl sites for hydroxylation is 3. The summed E-state index contributed by atoms with van der Waals surface area (Å²) in [4.78, 5) is 21.1. The van der Waals surface area contributed by atoms with Gasteiger partial charge < -0.3 is 5.32 Å². The molecule has 2 aromatic heterocycles. The van der Waals surface area contributed by atoms with E-state index in [0.29, 0.717) is 17.1 Å². The summed E-state index contributed by atoms with van der Waals surface area (Å²) >= 11 is 0. The zero-order valence-electron chi connectivity index (χ0n) is 13.9. The van der Waals surface area contributed by atoms with E-state index in [2.05, 4.69) is 20.4 Å². The zero-order chi connectivity index (χ0) is 17.1. The van der Waals surface area contributed by atoms with Crippen LogP contribution in [0, 0.1) is 13.8 Å². The van der Waals surface area contributed by atoms with Gasteiger partial charge in [-0.05, 0) is 25.5 Å². The fraction of sp³-hybridized carbons (Fsp3) is 0.222. The Labute approximate surface area is 140 Å². The topological polar surface area (TPSA) is 72.7 Å². The number of amides is 1. The van der Waals surface area contributed by atoms with Crippen LogP contribution >= 0.6 is 0 Å². The van der Waals surface area contributed by atoms with Gasteiger partial charge in [0.05, 0.1) is 23.0 Å². The third-order valence-corrected chi connectivity index (χ3v) is 3.91. The predicted molar refractivity (Wildman–Crippen MR) is 90.5 cm³/mol. The van der Waals surface area contributed by atoms with Crippen molar-refractivity contribution in [2.24, 2.45) is 7.05 Å². The predicted octanol–water partition coefficient (Wildman–Crippen LogP) is 2.35. The first-order chi connectivity index (χ1) is 11.6. The van der Waals surface area contributed by atoms with Gasteiger partial charge in [-0.1, -0.05) is 30.3 Å². The number of hydrogen-bond acceptors (Lipinski definition) is 4. The van der Waals surface area contributed by atoms with Crippen molar-refractivity contribution in [1.82, 2.24) is 25.1 Å². The first kappa shape index (κ1) is 15.9. The quantitative estimate of drug-likeness (QED) is 0.800. The molecule has 0 bridgehead atoms. The Morgan fingerprint density at radius 2 is 1.92 bits per heavy atom. The van der Waals surface area contributed by atoms with Gasteiger partial charge >= 0.3 is 0 Å². The second kappa shape index (κ2) is 6.62. The van der Waals surface area contributed by atoms with E-state index < -0.39 is 0 Å². The molecule has 0 saturated carbocycles. The molecule has 0 spiro atoms. The second-order valence-corrected chi connectivity index (χ2v) is 5.61. The number of nitrogens with zero attached hydrogens (tertiary/aromatic N) is 4. The van der Waals surface area contributed by atoms with E-state index in [1.165, 1.54) is 0 Å². The fourth-order valence-corrected chi connectivity index (χ4v) is 2.66. The SMILES string of the molecule is Cc1ncc(C(=O)NC(c2ccccc2)c2ccnn2C)c(C)n1. The Kier molecular flexibility index (Phi) is 4.37. The third-order valence-electron chi connectivity index (χ3n) is 3.91. The molecule has 3 aromatic rings. The number of nitrogens with one attached hydrogen (secondary N) is 1. The van der Waals surface area contributed by atoms with Crippen LogP contribution in [0.3, 0.4) is 0 Å². The average Bonchev–Trinajstić information content (AvgIpc) is 2.99. The van der Waals surface area contributed by atoms with Crippen molar-refractivity contribution in [1.29, 1.82) is 0 Å². The van der Waals surface area contributed by atoms with Gasteiger partial charge in [0.25, 0.3) is 5.91 Å². The van der Waals surface area contributed by atoms with Crippen molar-refractivity contribution in [2.45, 2.75) is 19.9 Å². The summed E-state index contributed by atoms with van der Waals surface area (Å²) in [5.74, 6) is 0.442. The first-order valence-electron chi connectivity index (χ1n) is 7.70. The summed E-state index contributed by atoms with van der Waals surface area (Å²) in [7, 11) is 1.86. The maximum atomic E-state index is 12.7. The molecule has 6 nitrogen and oxygen atoms in total. The smallest absolute Gasteiger partial charge is 0.255 e. The molecule has 1 unspecified atom stereocenters. The number of aromatic nitrogens is 4. The van der Waals surface area contributed by atoms with Gasteiger partial charge in [0.1, 0.15) is 5.82 Å². The molecule has 0 aliphatic rings. The standard InChI is InChI=1S/C18H19N5O/c1-12-15(11-19-13(2)21-12)18(24)22-17(14-7-5-4-6-8-14)16-9-10-20-23(16)3/h4-11,17H,1-3H3,(H,22,24). The average molecular weight is 321 g/mol. The normalized spacial score (nSPS) is 12.0. The highest BCUT2D eigenvalue weighted by Crippen LogP contribution is 2.22. The molecule has 1 N–H and O–H groups in total. The van der Waals surface area contributed by atoms with Gasteiger partial charge in [-0.2, -0.15) is 5.10 Å². The van der Waals surface area contributed by atoms with Crippen LogP contribution in [0.4, 0.5) is 0 Å². The van der Waals surface area contributed by atoms with Crippen LogP contribution in [-0.4, -0.2) is 25.7 Å².